The number of hydrogen-bond acceptors (Lipinski definition) is 4. The van der Waals surface area contributed by atoms with Crippen LogP contribution in [0.1, 0.15) is 21.7 Å². The van der Waals surface area contributed by atoms with Crippen molar-refractivity contribution in [3.8, 4) is 0 Å². The minimum Gasteiger partial charge on any atom is -0.465 e. The number of aryl methyl sites for hydroxylation is 1. The van der Waals surface area contributed by atoms with Gasteiger partial charge in [0.05, 0.1) is 18.4 Å². The Morgan fingerprint density at radius 2 is 2.14 bits per heavy atom. The first kappa shape index (κ1) is 15.5. The summed E-state index contributed by atoms with van der Waals surface area (Å²) in [5, 5.41) is 5.10. The van der Waals surface area contributed by atoms with Gasteiger partial charge in [0.15, 0.2) is 0 Å². The summed E-state index contributed by atoms with van der Waals surface area (Å²) in [7, 11) is 1.28. The van der Waals surface area contributed by atoms with Gasteiger partial charge in [-0.2, -0.15) is 0 Å². The molecule has 0 spiro atoms. The van der Waals surface area contributed by atoms with Crippen LogP contribution in [0.15, 0.2) is 35.7 Å². The van der Waals surface area contributed by atoms with E-state index in [0.717, 1.165) is 4.88 Å². The predicted molar refractivity (Wildman–Crippen MR) is 84.1 cm³/mol. The van der Waals surface area contributed by atoms with Gasteiger partial charge in [0, 0.05) is 16.3 Å². The molecule has 0 bridgehead atoms. The summed E-state index contributed by atoms with van der Waals surface area (Å²) in [6.07, 6.45) is 1.02. The second kappa shape index (κ2) is 7.24. The molecule has 0 atom stereocenters. The van der Waals surface area contributed by atoms with E-state index in [1.807, 2.05) is 17.5 Å². The zero-order valence-electron chi connectivity index (χ0n) is 11.4. The maximum absolute atomic E-state index is 12.0. The van der Waals surface area contributed by atoms with Crippen molar-refractivity contribution >= 4 is 40.5 Å². The molecule has 1 aromatic carbocycles. The minimum atomic E-state index is -0.536. The molecule has 0 unspecified atom stereocenters. The molecule has 1 heterocycles. The molecule has 0 aliphatic carbocycles. The molecule has 6 heteroatoms. The monoisotopic (exact) mass is 323 g/mol. The van der Waals surface area contributed by atoms with E-state index in [2.05, 4.69) is 10.1 Å². The SMILES string of the molecule is COC(=O)c1cc(Cl)ccc1NC(=O)CCc1cccs1. The van der Waals surface area contributed by atoms with Crippen molar-refractivity contribution in [1.29, 1.82) is 0 Å². The summed E-state index contributed by atoms with van der Waals surface area (Å²) in [6.45, 7) is 0. The number of amides is 1. The molecule has 0 saturated heterocycles. The highest BCUT2D eigenvalue weighted by Gasteiger charge is 2.14. The number of nitrogens with one attached hydrogen (secondary N) is 1. The number of carbonyl (C=O) groups is 2. The van der Waals surface area contributed by atoms with Crippen LogP contribution in [0.25, 0.3) is 0 Å². The van der Waals surface area contributed by atoms with E-state index in [9.17, 15) is 9.59 Å². The van der Waals surface area contributed by atoms with Gasteiger partial charge in [-0.1, -0.05) is 17.7 Å². The Morgan fingerprint density at radius 3 is 2.81 bits per heavy atom. The molecule has 0 aliphatic heterocycles. The molecule has 1 amide bonds. The number of carbonyl (C=O) groups excluding carboxylic acids is 2. The van der Waals surface area contributed by atoms with Gasteiger partial charge >= 0.3 is 5.97 Å². The molecular formula is C15H14ClNO3S. The van der Waals surface area contributed by atoms with Crippen LogP contribution >= 0.6 is 22.9 Å². The highest BCUT2D eigenvalue weighted by Crippen LogP contribution is 2.22. The molecule has 0 saturated carbocycles. The Bertz CT molecular complexity index is 640. The van der Waals surface area contributed by atoms with E-state index < -0.39 is 5.97 Å². The van der Waals surface area contributed by atoms with Gasteiger partial charge in [-0.05, 0) is 36.1 Å². The van der Waals surface area contributed by atoms with Crippen molar-refractivity contribution in [3.05, 3.63) is 51.2 Å². The molecule has 0 radical (unpaired) electrons. The number of rotatable bonds is 5. The normalized spacial score (nSPS) is 10.2. The fourth-order valence-corrected chi connectivity index (χ4v) is 2.69. The van der Waals surface area contributed by atoms with Gasteiger partial charge in [0.1, 0.15) is 0 Å². The zero-order valence-corrected chi connectivity index (χ0v) is 13.0. The van der Waals surface area contributed by atoms with Crippen LogP contribution in [0, 0.1) is 0 Å². The van der Waals surface area contributed by atoms with Gasteiger partial charge in [-0.3, -0.25) is 4.79 Å². The Kier molecular flexibility index (Phi) is 5.36. The Balaban J connectivity index is 2.04. The zero-order chi connectivity index (χ0) is 15.2. The van der Waals surface area contributed by atoms with Crippen molar-refractivity contribution in [2.24, 2.45) is 0 Å². The van der Waals surface area contributed by atoms with Crippen LogP contribution in [0.4, 0.5) is 5.69 Å². The number of hydrogen-bond donors (Lipinski definition) is 1. The van der Waals surface area contributed by atoms with Crippen LogP contribution in [0.2, 0.25) is 5.02 Å². The van der Waals surface area contributed by atoms with E-state index in [1.54, 1.807) is 23.5 Å². The number of ether oxygens (including phenoxy) is 1. The summed E-state index contributed by atoms with van der Waals surface area (Å²) < 4.78 is 4.69. The molecule has 2 rings (SSSR count). The second-order valence-electron chi connectivity index (χ2n) is 4.31. The number of anilines is 1. The third kappa shape index (κ3) is 4.31. The van der Waals surface area contributed by atoms with Crippen LogP contribution in [-0.2, 0) is 16.0 Å². The van der Waals surface area contributed by atoms with Crippen LogP contribution in [0.5, 0.6) is 0 Å². The average molecular weight is 324 g/mol. The number of halogens is 1. The smallest absolute Gasteiger partial charge is 0.340 e. The lowest BCUT2D eigenvalue weighted by atomic mass is 10.1. The molecule has 110 valence electrons. The lowest BCUT2D eigenvalue weighted by Crippen LogP contribution is -2.15. The molecule has 1 aromatic heterocycles. The fourth-order valence-electron chi connectivity index (χ4n) is 1.81. The first-order valence-electron chi connectivity index (χ1n) is 6.30. The summed E-state index contributed by atoms with van der Waals surface area (Å²) in [5.74, 6) is -0.693. The summed E-state index contributed by atoms with van der Waals surface area (Å²) in [5.41, 5.74) is 0.650. The van der Waals surface area contributed by atoms with Crippen molar-refractivity contribution in [2.75, 3.05) is 12.4 Å². The van der Waals surface area contributed by atoms with Gasteiger partial charge in [-0.15, -0.1) is 11.3 Å². The lowest BCUT2D eigenvalue weighted by molar-refractivity contribution is -0.116. The topological polar surface area (TPSA) is 55.4 Å². The molecule has 4 nitrogen and oxygen atoms in total. The molecule has 2 aromatic rings. The van der Waals surface area contributed by atoms with E-state index in [0.29, 0.717) is 23.6 Å². The summed E-state index contributed by atoms with van der Waals surface area (Å²) in [6, 6.07) is 8.62. The minimum absolute atomic E-state index is 0.157. The van der Waals surface area contributed by atoms with E-state index in [1.165, 1.54) is 13.2 Å². The summed E-state index contributed by atoms with van der Waals surface area (Å²) in [4.78, 5) is 24.8. The molecule has 21 heavy (non-hydrogen) atoms. The predicted octanol–water partition coefficient (Wildman–Crippen LogP) is 3.76. The number of benzene rings is 1. The average Bonchev–Trinajstić information content (AvgIpc) is 2.99. The second-order valence-corrected chi connectivity index (χ2v) is 5.78. The van der Waals surface area contributed by atoms with Crippen molar-refractivity contribution < 1.29 is 14.3 Å². The Morgan fingerprint density at radius 1 is 1.33 bits per heavy atom. The molecular weight excluding hydrogens is 310 g/mol. The van der Waals surface area contributed by atoms with Gasteiger partial charge < -0.3 is 10.1 Å². The number of thiophene rings is 1. The maximum Gasteiger partial charge on any atom is 0.340 e. The van der Waals surface area contributed by atoms with Gasteiger partial charge in [0.25, 0.3) is 0 Å². The first-order chi connectivity index (χ1) is 10.1. The van der Waals surface area contributed by atoms with E-state index in [4.69, 9.17) is 11.6 Å². The van der Waals surface area contributed by atoms with E-state index in [-0.39, 0.29) is 11.5 Å². The van der Waals surface area contributed by atoms with E-state index >= 15 is 0 Å². The van der Waals surface area contributed by atoms with Crippen LogP contribution < -0.4 is 5.32 Å². The third-order valence-electron chi connectivity index (χ3n) is 2.84. The quantitative estimate of drug-likeness (QED) is 0.852. The highest BCUT2D eigenvalue weighted by atomic mass is 35.5. The maximum atomic E-state index is 12.0. The van der Waals surface area contributed by atoms with Crippen molar-refractivity contribution in [1.82, 2.24) is 0 Å². The fraction of sp³-hybridized carbons (Fsp3) is 0.200. The number of methoxy groups -OCH3 is 1. The third-order valence-corrected chi connectivity index (χ3v) is 4.01. The van der Waals surface area contributed by atoms with Gasteiger partial charge in [-0.25, -0.2) is 4.79 Å². The standard InChI is InChI=1S/C15H14ClNO3S/c1-20-15(19)12-9-10(16)4-6-13(12)17-14(18)7-5-11-3-2-8-21-11/h2-4,6,8-9H,5,7H2,1H3,(H,17,18). The largest absolute Gasteiger partial charge is 0.465 e. The first-order valence-corrected chi connectivity index (χ1v) is 7.56. The highest BCUT2D eigenvalue weighted by molar-refractivity contribution is 7.09. The van der Waals surface area contributed by atoms with Crippen LogP contribution in [0.3, 0.4) is 0 Å². The molecule has 0 fully saturated rings. The van der Waals surface area contributed by atoms with Crippen molar-refractivity contribution in [3.63, 3.8) is 0 Å². The van der Waals surface area contributed by atoms with Gasteiger partial charge in [0.2, 0.25) is 5.91 Å². The Hall–Kier alpha value is -1.85. The number of esters is 1. The van der Waals surface area contributed by atoms with Crippen molar-refractivity contribution in [2.45, 2.75) is 12.8 Å². The molecule has 1 N–H and O–H groups in total. The summed E-state index contributed by atoms with van der Waals surface area (Å²) >= 11 is 7.48. The molecule has 0 aliphatic rings. The lowest BCUT2D eigenvalue weighted by Gasteiger charge is -2.10. The Labute approximate surface area is 131 Å². The van der Waals surface area contributed by atoms with Crippen LogP contribution in [-0.4, -0.2) is 19.0 Å².